The van der Waals surface area contributed by atoms with Crippen LogP contribution in [0.15, 0.2) is 65.6 Å². The SMILES string of the molecule is Cc1cc(C)cc(Nc2ccc(S(=O)(=O)n3c(C)c(CC(=O)O)c4cc(F)ccc43)cc2)c1. The number of halogens is 1. The average molecular weight is 467 g/mol. The summed E-state index contributed by atoms with van der Waals surface area (Å²) in [5.41, 5.74) is 4.60. The molecule has 8 heteroatoms. The predicted octanol–water partition coefficient (Wildman–Crippen LogP) is 5.31. The van der Waals surface area contributed by atoms with Gasteiger partial charge in [0.2, 0.25) is 0 Å². The second kappa shape index (κ2) is 8.37. The van der Waals surface area contributed by atoms with Crippen molar-refractivity contribution in [1.82, 2.24) is 3.97 Å². The van der Waals surface area contributed by atoms with Crippen molar-refractivity contribution in [2.24, 2.45) is 0 Å². The van der Waals surface area contributed by atoms with Gasteiger partial charge in [-0.3, -0.25) is 4.79 Å². The Labute approximate surface area is 191 Å². The summed E-state index contributed by atoms with van der Waals surface area (Å²) in [6.45, 7) is 5.54. The van der Waals surface area contributed by atoms with Gasteiger partial charge in [-0.05, 0) is 92.1 Å². The van der Waals surface area contributed by atoms with Gasteiger partial charge < -0.3 is 10.4 Å². The van der Waals surface area contributed by atoms with Crippen LogP contribution in [0, 0.1) is 26.6 Å². The molecule has 2 N–H and O–H groups in total. The van der Waals surface area contributed by atoms with Crippen molar-refractivity contribution < 1.29 is 22.7 Å². The number of rotatable bonds is 6. The summed E-state index contributed by atoms with van der Waals surface area (Å²) in [6, 6.07) is 16.1. The minimum Gasteiger partial charge on any atom is -0.481 e. The van der Waals surface area contributed by atoms with Crippen LogP contribution in [-0.2, 0) is 21.2 Å². The first-order valence-electron chi connectivity index (χ1n) is 10.3. The van der Waals surface area contributed by atoms with Crippen LogP contribution >= 0.6 is 0 Å². The first-order valence-corrected chi connectivity index (χ1v) is 11.7. The molecular formula is C25H23FN2O4S. The number of nitrogens with one attached hydrogen (secondary N) is 1. The lowest BCUT2D eigenvalue weighted by molar-refractivity contribution is -0.136. The lowest BCUT2D eigenvalue weighted by Gasteiger charge is -2.12. The van der Waals surface area contributed by atoms with Crippen LogP contribution in [0.4, 0.5) is 15.8 Å². The smallest absolute Gasteiger partial charge is 0.307 e. The van der Waals surface area contributed by atoms with Crippen molar-refractivity contribution in [3.63, 3.8) is 0 Å². The van der Waals surface area contributed by atoms with Crippen molar-refractivity contribution in [3.05, 3.63) is 88.9 Å². The van der Waals surface area contributed by atoms with Gasteiger partial charge in [0.05, 0.1) is 16.8 Å². The van der Waals surface area contributed by atoms with Crippen molar-refractivity contribution in [2.45, 2.75) is 32.1 Å². The fourth-order valence-corrected chi connectivity index (χ4v) is 5.72. The summed E-state index contributed by atoms with van der Waals surface area (Å²) in [6.07, 6.45) is -0.410. The summed E-state index contributed by atoms with van der Waals surface area (Å²) in [5, 5.41) is 12.8. The van der Waals surface area contributed by atoms with E-state index < -0.39 is 28.2 Å². The van der Waals surface area contributed by atoms with Gasteiger partial charge >= 0.3 is 5.97 Å². The third-order valence-electron chi connectivity index (χ3n) is 5.47. The van der Waals surface area contributed by atoms with E-state index in [0.717, 1.165) is 32.5 Å². The molecule has 0 atom stereocenters. The predicted molar refractivity (Wildman–Crippen MR) is 126 cm³/mol. The topological polar surface area (TPSA) is 88.4 Å². The Morgan fingerprint density at radius 3 is 2.18 bits per heavy atom. The van der Waals surface area contributed by atoms with Crippen molar-refractivity contribution in [1.29, 1.82) is 0 Å². The number of aliphatic carboxylic acids is 1. The summed E-state index contributed by atoms with van der Waals surface area (Å²) in [7, 11) is -4.05. The van der Waals surface area contributed by atoms with Gasteiger partial charge in [-0.1, -0.05) is 6.07 Å². The molecule has 0 radical (unpaired) electrons. The molecule has 1 heterocycles. The van der Waals surface area contributed by atoms with Crippen molar-refractivity contribution in [3.8, 4) is 0 Å². The molecule has 4 aromatic rings. The summed E-state index contributed by atoms with van der Waals surface area (Å²) in [5.74, 6) is -1.69. The molecule has 1 aromatic heterocycles. The molecule has 0 aliphatic rings. The zero-order chi connectivity index (χ0) is 23.9. The molecule has 170 valence electrons. The third kappa shape index (κ3) is 4.34. The molecule has 0 saturated carbocycles. The van der Waals surface area contributed by atoms with Crippen LogP contribution in [0.25, 0.3) is 10.9 Å². The standard InChI is InChI=1S/C25H23FN2O4S/c1-15-10-16(2)12-20(11-15)27-19-5-7-21(8-6-19)33(31,32)28-17(3)22(14-25(29)30)23-13-18(26)4-9-24(23)28/h4-13,27H,14H2,1-3H3,(H,29,30). The maximum atomic E-state index is 13.9. The number of nitrogens with zero attached hydrogens (tertiary/aromatic N) is 1. The second-order valence-electron chi connectivity index (χ2n) is 8.09. The monoisotopic (exact) mass is 466 g/mol. The number of benzene rings is 3. The molecule has 0 amide bonds. The molecule has 0 unspecified atom stereocenters. The van der Waals surface area contributed by atoms with E-state index in [1.165, 1.54) is 31.2 Å². The lowest BCUT2D eigenvalue weighted by atomic mass is 10.1. The highest BCUT2D eigenvalue weighted by Gasteiger charge is 2.26. The molecular weight excluding hydrogens is 443 g/mol. The lowest BCUT2D eigenvalue weighted by Crippen LogP contribution is -2.15. The Balaban J connectivity index is 1.75. The van der Waals surface area contributed by atoms with Crippen LogP contribution in [0.5, 0.6) is 0 Å². The Hall–Kier alpha value is -3.65. The molecule has 4 rings (SSSR count). The first kappa shape index (κ1) is 22.5. The largest absolute Gasteiger partial charge is 0.481 e. The summed E-state index contributed by atoms with van der Waals surface area (Å²) in [4.78, 5) is 11.4. The van der Waals surface area contributed by atoms with Gasteiger partial charge in [0.1, 0.15) is 5.82 Å². The maximum absolute atomic E-state index is 13.9. The molecule has 0 aliphatic carbocycles. The molecule has 6 nitrogen and oxygen atoms in total. The maximum Gasteiger partial charge on any atom is 0.307 e. The third-order valence-corrected chi connectivity index (χ3v) is 7.29. The van der Waals surface area contributed by atoms with Crippen molar-refractivity contribution >= 4 is 38.3 Å². The van der Waals surface area contributed by atoms with Crippen LogP contribution < -0.4 is 5.32 Å². The normalized spacial score (nSPS) is 11.6. The number of carboxylic acids is 1. The number of hydrogen-bond acceptors (Lipinski definition) is 4. The van der Waals surface area contributed by atoms with Crippen LogP contribution in [0.1, 0.15) is 22.4 Å². The highest BCUT2D eigenvalue weighted by atomic mass is 32.2. The molecule has 3 aromatic carbocycles. The van der Waals surface area contributed by atoms with Gasteiger partial charge in [-0.2, -0.15) is 0 Å². The zero-order valence-corrected chi connectivity index (χ0v) is 19.2. The minimum atomic E-state index is -4.05. The van der Waals surface area contributed by atoms with E-state index in [2.05, 4.69) is 11.4 Å². The van der Waals surface area contributed by atoms with Gasteiger partial charge in [0.25, 0.3) is 10.0 Å². The summed E-state index contributed by atoms with van der Waals surface area (Å²) < 4.78 is 42.0. The number of hydrogen-bond donors (Lipinski definition) is 2. The minimum absolute atomic E-state index is 0.0414. The van der Waals surface area contributed by atoms with E-state index in [0.29, 0.717) is 0 Å². The van der Waals surface area contributed by atoms with E-state index in [9.17, 15) is 22.7 Å². The highest BCUT2D eigenvalue weighted by molar-refractivity contribution is 7.90. The number of anilines is 2. The molecule has 0 fully saturated rings. The fraction of sp³-hybridized carbons (Fsp3) is 0.160. The van der Waals surface area contributed by atoms with Gasteiger partial charge in [0, 0.05) is 22.5 Å². The number of fused-ring (bicyclic) bond motifs is 1. The Kier molecular flexibility index (Phi) is 5.71. The van der Waals surface area contributed by atoms with Crippen LogP contribution in [-0.4, -0.2) is 23.5 Å². The first-order chi connectivity index (χ1) is 15.6. The van der Waals surface area contributed by atoms with E-state index >= 15 is 0 Å². The Morgan fingerprint density at radius 1 is 0.939 bits per heavy atom. The van der Waals surface area contributed by atoms with E-state index in [1.54, 1.807) is 12.1 Å². The Bertz CT molecular complexity index is 1470. The van der Waals surface area contributed by atoms with E-state index in [-0.39, 0.29) is 27.1 Å². The molecule has 0 bridgehead atoms. The average Bonchev–Trinajstić information content (AvgIpc) is 2.99. The zero-order valence-electron chi connectivity index (χ0n) is 18.4. The molecule has 0 saturated heterocycles. The van der Waals surface area contributed by atoms with Crippen molar-refractivity contribution in [2.75, 3.05) is 5.32 Å². The Morgan fingerprint density at radius 2 is 1.58 bits per heavy atom. The van der Waals surface area contributed by atoms with E-state index in [1.807, 2.05) is 26.0 Å². The summed E-state index contributed by atoms with van der Waals surface area (Å²) >= 11 is 0. The van der Waals surface area contributed by atoms with Gasteiger partial charge in [0.15, 0.2) is 0 Å². The number of aromatic nitrogens is 1. The molecule has 33 heavy (non-hydrogen) atoms. The highest BCUT2D eigenvalue weighted by Crippen LogP contribution is 2.31. The fourth-order valence-electron chi connectivity index (χ4n) is 4.14. The number of carboxylic acid groups (broad SMARTS) is 1. The number of aryl methyl sites for hydroxylation is 2. The van der Waals surface area contributed by atoms with Crippen LogP contribution in [0.3, 0.4) is 0 Å². The second-order valence-corrected chi connectivity index (χ2v) is 9.88. The van der Waals surface area contributed by atoms with Gasteiger partial charge in [-0.15, -0.1) is 0 Å². The van der Waals surface area contributed by atoms with E-state index in [4.69, 9.17) is 0 Å². The molecule has 0 spiro atoms. The quantitative estimate of drug-likeness (QED) is 0.402. The van der Waals surface area contributed by atoms with Gasteiger partial charge in [-0.25, -0.2) is 16.8 Å². The molecule has 0 aliphatic heterocycles. The van der Waals surface area contributed by atoms with Crippen LogP contribution in [0.2, 0.25) is 0 Å². The number of carbonyl (C=O) groups is 1.